The highest BCUT2D eigenvalue weighted by Gasteiger charge is 2.43. The molecule has 0 aliphatic carbocycles. The quantitative estimate of drug-likeness (QED) is 0.792. The summed E-state index contributed by atoms with van der Waals surface area (Å²) < 4.78 is 19.5. The molecular formula is C21H18FNO3. The van der Waals surface area contributed by atoms with E-state index in [-0.39, 0.29) is 18.9 Å². The first-order valence-corrected chi connectivity index (χ1v) is 8.66. The molecule has 2 heterocycles. The van der Waals surface area contributed by atoms with Crippen LogP contribution in [-0.4, -0.2) is 18.5 Å². The van der Waals surface area contributed by atoms with Gasteiger partial charge < -0.3 is 4.74 Å². The minimum atomic E-state index is -0.611. The van der Waals surface area contributed by atoms with E-state index in [9.17, 15) is 14.0 Å². The molecule has 0 N–H and O–H groups in total. The number of hydrogen-bond acceptors (Lipinski definition) is 3. The summed E-state index contributed by atoms with van der Waals surface area (Å²) in [6.45, 7) is 2.09. The number of hydrogen-bond donors (Lipinski definition) is 0. The molecule has 1 atom stereocenters. The number of amides is 1. The fourth-order valence-corrected chi connectivity index (χ4v) is 3.66. The van der Waals surface area contributed by atoms with E-state index >= 15 is 0 Å². The molecule has 2 aliphatic rings. The van der Waals surface area contributed by atoms with Crippen LogP contribution in [0.4, 0.5) is 10.1 Å². The molecule has 1 amide bonds. The zero-order valence-corrected chi connectivity index (χ0v) is 14.4. The molecule has 0 saturated carbocycles. The third kappa shape index (κ3) is 2.60. The van der Waals surface area contributed by atoms with E-state index in [4.69, 9.17) is 4.74 Å². The number of ether oxygens (including phenoxy) is 1. The van der Waals surface area contributed by atoms with Crippen molar-refractivity contribution in [1.29, 1.82) is 0 Å². The summed E-state index contributed by atoms with van der Waals surface area (Å²) in [4.78, 5) is 26.8. The predicted octanol–water partition coefficient (Wildman–Crippen LogP) is 3.72. The molecular weight excluding hydrogens is 333 g/mol. The van der Waals surface area contributed by atoms with Crippen LogP contribution in [0, 0.1) is 5.82 Å². The zero-order valence-electron chi connectivity index (χ0n) is 14.4. The number of esters is 1. The molecule has 2 aromatic carbocycles. The Kier molecular flexibility index (Phi) is 4.07. The molecule has 0 spiro atoms. The van der Waals surface area contributed by atoms with Crippen molar-refractivity contribution >= 4 is 17.6 Å². The molecule has 1 unspecified atom stereocenters. The van der Waals surface area contributed by atoms with E-state index < -0.39 is 17.7 Å². The van der Waals surface area contributed by atoms with Gasteiger partial charge in [0.2, 0.25) is 5.91 Å². The van der Waals surface area contributed by atoms with E-state index in [2.05, 4.69) is 6.92 Å². The van der Waals surface area contributed by atoms with E-state index in [1.165, 1.54) is 11.0 Å². The molecule has 4 rings (SSSR count). The summed E-state index contributed by atoms with van der Waals surface area (Å²) in [5.74, 6) is -1.67. The first kappa shape index (κ1) is 16.5. The molecule has 2 aromatic rings. The fraction of sp³-hybridized carbons (Fsp3) is 0.238. The van der Waals surface area contributed by atoms with Crippen LogP contribution >= 0.6 is 0 Å². The average Bonchev–Trinajstić information content (AvgIpc) is 3.03. The van der Waals surface area contributed by atoms with Gasteiger partial charge in [0.05, 0.1) is 11.3 Å². The van der Waals surface area contributed by atoms with Crippen LogP contribution in [0.2, 0.25) is 0 Å². The van der Waals surface area contributed by atoms with E-state index in [0.29, 0.717) is 22.5 Å². The summed E-state index contributed by atoms with van der Waals surface area (Å²) in [7, 11) is 0. The summed E-state index contributed by atoms with van der Waals surface area (Å²) in [6.07, 6.45) is 0.934. The Morgan fingerprint density at radius 3 is 2.54 bits per heavy atom. The van der Waals surface area contributed by atoms with Gasteiger partial charge in [0, 0.05) is 18.0 Å². The number of rotatable bonds is 3. The normalized spacial score (nSPS) is 19.6. The highest BCUT2D eigenvalue weighted by Crippen LogP contribution is 2.42. The van der Waals surface area contributed by atoms with Crippen molar-refractivity contribution < 1.29 is 18.7 Å². The largest absolute Gasteiger partial charge is 0.456 e. The Morgan fingerprint density at radius 1 is 1.12 bits per heavy atom. The third-order valence-electron chi connectivity index (χ3n) is 5.00. The maximum atomic E-state index is 14.3. The number of nitrogens with zero attached hydrogens (tertiary/aromatic N) is 1. The lowest BCUT2D eigenvalue weighted by molar-refractivity contribution is -0.136. The lowest BCUT2D eigenvalue weighted by Crippen LogP contribution is -2.37. The van der Waals surface area contributed by atoms with Gasteiger partial charge in [0.15, 0.2) is 0 Å². The molecule has 0 saturated heterocycles. The Morgan fingerprint density at radius 2 is 1.85 bits per heavy atom. The molecule has 26 heavy (non-hydrogen) atoms. The number of benzene rings is 2. The van der Waals surface area contributed by atoms with Gasteiger partial charge in [-0.1, -0.05) is 37.3 Å². The second-order valence-corrected chi connectivity index (χ2v) is 6.46. The number of carbonyl (C=O) groups excluding carboxylic acids is 2. The lowest BCUT2D eigenvalue weighted by atomic mass is 9.84. The van der Waals surface area contributed by atoms with Gasteiger partial charge in [0.1, 0.15) is 12.4 Å². The highest BCUT2D eigenvalue weighted by atomic mass is 19.1. The Balaban J connectivity index is 1.81. The van der Waals surface area contributed by atoms with Gasteiger partial charge in [-0.2, -0.15) is 0 Å². The summed E-state index contributed by atoms with van der Waals surface area (Å²) in [5.41, 5.74) is 3.12. The maximum Gasteiger partial charge on any atom is 0.336 e. The van der Waals surface area contributed by atoms with Gasteiger partial charge in [-0.25, -0.2) is 9.18 Å². The van der Waals surface area contributed by atoms with Gasteiger partial charge in [-0.3, -0.25) is 9.69 Å². The zero-order chi connectivity index (χ0) is 18.3. The van der Waals surface area contributed by atoms with Crippen LogP contribution < -0.4 is 4.90 Å². The van der Waals surface area contributed by atoms with E-state index in [1.54, 1.807) is 18.2 Å². The van der Waals surface area contributed by atoms with Crippen molar-refractivity contribution in [1.82, 2.24) is 0 Å². The van der Waals surface area contributed by atoms with Crippen LogP contribution in [0.25, 0.3) is 0 Å². The lowest BCUT2D eigenvalue weighted by Gasteiger charge is -2.32. The van der Waals surface area contributed by atoms with Crippen LogP contribution in [0.15, 0.2) is 59.8 Å². The van der Waals surface area contributed by atoms with E-state index in [0.717, 1.165) is 12.0 Å². The summed E-state index contributed by atoms with van der Waals surface area (Å²) >= 11 is 0. The minimum Gasteiger partial charge on any atom is -0.456 e. The second-order valence-electron chi connectivity index (χ2n) is 6.46. The maximum absolute atomic E-state index is 14.3. The number of carbonyl (C=O) groups is 2. The van der Waals surface area contributed by atoms with Gasteiger partial charge in [-0.15, -0.1) is 0 Å². The molecule has 0 aromatic heterocycles. The fourth-order valence-electron chi connectivity index (χ4n) is 3.66. The minimum absolute atomic E-state index is 0.0282. The Labute approximate surface area is 150 Å². The van der Waals surface area contributed by atoms with Crippen molar-refractivity contribution in [3.63, 3.8) is 0 Å². The molecule has 5 heteroatoms. The number of anilines is 1. The highest BCUT2D eigenvalue weighted by molar-refractivity contribution is 6.06. The van der Waals surface area contributed by atoms with Crippen molar-refractivity contribution in [3.05, 3.63) is 76.7 Å². The SMILES string of the molecule is CCc1ccc(N2C(=O)CC(c3ccccc3F)C3=C2COC3=O)cc1. The average molecular weight is 351 g/mol. The van der Waals surface area contributed by atoms with Crippen LogP contribution in [0.3, 0.4) is 0 Å². The number of halogens is 1. The van der Waals surface area contributed by atoms with Crippen LogP contribution in [0.1, 0.15) is 30.4 Å². The second kappa shape index (κ2) is 6.41. The molecule has 4 nitrogen and oxygen atoms in total. The van der Waals surface area contributed by atoms with Crippen molar-refractivity contribution in [2.45, 2.75) is 25.7 Å². The third-order valence-corrected chi connectivity index (χ3v) is 5.00. The Bertz CT molecular complexity index is 917. The van der Waals surface area contributed by atoms with Crippen LogP contribution in [0.5, 0.6) is 0 Å². The van der Waals surface area contributed by atoms with E-state index in [1.807, 2.05) is 24.3 Å². The molecule has 0 fully saturated rings. The van der Waals surface area contributed by atoms with Crippen molar-refractivity contribution in [3.8, 4) is 0 Å². The Hall–Kier alpha value is -2.95. The monoisotopic (exact) mass is 351 g/mol. The number of aryl methyl sites for hydroxylation is 1. The molecule has 132 valence electrons. The number of cyclic esters (lactones) is 1. The molecule has 2 aliphatic heterocycles. The summed E-state index contributed by atoms with van der Waals surface area (Å²) in [6, 6.07) is 13.9. The van der Waals surface area contributed by atoms with Gasteiger partial charge in [-0.05, 0) is 35.7 Å². The standard InChI is InChI=1S/C21H18FNO3/c1-2-13-7-9-14(10-8-13)23-18-12-26-21(25)20(18)16(11-19(23)24)15-5-3-4-6-17(15)22/h3-10,16H,2,11-12H2,1H3. The topological polar surface area (TPSA) is 46.6 Å². The van der Waals surface area contributed by atoms with Gasteiger partial charge >= 0.3 is 5.97 Å². The van der Waals surface area contributed by atoms with Crippen molar-refractivity contribution in [2.75, 3.05) is 11.5 Å². The molecule has 0 bridgehead atoms. The smallest absolute Gasteiger partial charge is 0.336 e. The first-order valence-electron chi connectivity index (χ1n) is 8.66. The van der Waals surface area contributed by atoms with Crippen LogP contribution in [-0.2, 0) is 20.7 Å². The molecule has 0 radical (unpaired) electrons. The summed E-state index contributed by atoms with van der Waals surface area (Å²) in [5, 5.41) is 0. The predicted molar refractivity (Wildman–Crippen MR) is 95.0 cm³/mol. The van der Waals surface area contributed by atoms with Gasteiger partial charge in [0.25, 0.3) is 0 Å². The van der Waals surface area contributed by atoms with Crippen molar-refractivity contribution in [2.24, 2.45) is 0 Å². The first-order chi connectivity index (χ1) is 12.6.